The third-order valence-electron chi connectivity index (χ3n) is 3.03. The number of Topliss-reactive ketones (excluding diaryl/α,β-unsaturated/α-hetero) is 1. The molecule has 2 rings (SSSR count). The number of nitrogens with zero attached hydrogens (tertiary/aromatic N) is 1. The molecule has 0 bridgehead atoms. The normalized spacial score (nSPS) is 9.96. The maximum atomic E-state index is 11.8. The van der Waals surface area contributed by atoms with Gasteiger partial charge in [-0.25, -0.2) is 9.59 Å². The molecule has 7 nitrogen and oxygen atoms in total. The van der Waals surface area contributed by atoms with Crippen LogP contribution in [-0.2, 0) is 4.74 Å². The zero-order chi connectivity index (χ0) is 17.0. The van der Waals surface area contributed by atoms with Crippen molar-refractivity contribution in [2.24, 2.45) is 0 Å². The zero-order valence-corrected chi connectivity index (χ0v) is 12.0. The van der Waals surface area contributed by atoms with Crippen molar-refractivity contribution < 1.29 is 24.0 Å². The zero-order valence-electron chi connectivity index (χ0n) is 12.0. The van der Waals surface area contributed by atoms with E-state index in [1.807, 2.05) is 0 Å². The first-order valence-corrected chi connectivity index (χ1v) is 6.50. The van der Waals surface area contributed by atoms with E-state index in [-0.39, 0.29) is 22.6 Å². The van der Waals surface area contributed by atoms with Crippen LogP contribution in [0.3, 0.4) is 0 Å². The first kappa shape index (κ1) is 16.0. The molecule has 0 fully saturated rings. The summed E-state index contributed by atoms with van der Waals surface area (Å²) in [6.07, 6.45) is 0. The lowest BCUT2D eigenvalue weighted by Gasteiger charge is -2.04. The van der Waals surface area contributed by atoms with Gasteiger partial charge in [0.05, 0.1) is 16.1 Å². The predicted molar refractivity (Wildman–Crippen MR) is 79.3 cm³/mol. The lowest BCUT2D eigenvalue weighted by atomic mass is 10.1. The van der Waals surface area contributed by atoms with Gasteiger partial charge in [0.1, 0.15) is 0 Å². The Labute approximate surface area is 130 Å². The summed E-state index contributed by atoms with van der Waals surface area (Å²) in [6, 6.07) is 10.3. The molecule has 0 saturated carbocycles. The SMILES string of the molecule is CC(=O)c1ccc(C(=O)OC(=O)c2ccc([N+](=O)[O-])cc2)cc1. The number of carbonyl (C=O) groups excluding carboxylic acids is 3. The highest BCUT2D eigenvalue weighted by Gasteiger charge is 2.16. The highest BCUT2D eigenvalue weighted by atomic mass is 16.6. The van der Waals surface area contributed by atoms with Gasteiger partial charge in [-0.1, -0.05) is 12.1 Å². The molecule has 23 heavy (non-hydrogen) atoms. The quantitative estimate of drug-likeness (QED) is 0.283. The Morgan fingerprint density at radius 3 is 1.61 bits per heavy atom. The van der Waals surface area contributed by atoms with Crippen molar-refractivity contribution in [3.05, 3.63) is 75.3 Å². The van der Waals surface area contributed by atoms with E-state index in [0.29, 0.717) is 5.56 Å². The third-order valence-corrected chi connectivity index (χ3v) is 3.03. The standard InChI is InChI=1S/C16H11NO6/c1-10(18)11-2-4-12(5-3-11)15(19)23-16(20)13-6-8-14(9-7-13)17(21)22/h2-9H,1H3. The number of non-ortho nitro benzene ring substituents is 1. The van der Waals surface area contributed by atoms with E-state index in [9.17, 15) is 24.5 Å². The monoisotopic (exact) mass is 313 g/mol. The number of benzene rings is 2. The van der Waals surface area contributed by atoms with Gasteiger partial charge in [-0.3, -0.25) is 14.9 Å². The highest BCUT2D eigenvalue weighted by molar-refractivity contribution is 6.03. The number of ether oxygens (including phenoxy) is 1. The van der Waals surface area contributed by atoms with Crippen LogP contribution in [0.25, 0.3) is 0 Å². The fraction of sp³-hybridized carbons (Fsp3) is 0.0625. The maximum Gasteiger partial charge on any atom is 0.346 e. The van der Waals surface area contributed by atoms with Crippen molar-refractivity contribution >= 4 is 23.4 Å². The molecular formula is C16H11NO6. The summed E-state index contributed by atoms with van der Waals surface area (Å²) in [5, 5.41) is 10.5. The molecule has 7 heteroatoms. The average molecular weight is 313 g/mol. The highest BCUT2D eigenvalue weighted by Crippen LogP contribution is 2.14. The van der Waals surface area contributed by atoms with Crippen LogP contribution in [0.5, 0.6) is 0 Å². The number of nitro groups is 1. The molecular weight excluding hydrogens is 302 g/mol. The first-order chi connectivity index (χ1) is 10.9. The van der Waals surface area contributed by atoms with Gasteiger partial charge >= 0.3 is 11.9 Å². The van der Waals surface area contributed by atoms with Crippen molar-refractivity contribution in [1.29, 1.82) is 0 Å². The molecule has 0 heterocycles. The van der Waals surface area contributed by atoms with Crippen LogP contribution < -0.4 is 0 Å². The summed E-state index contributed by atoms with van der Waals surface area (Å²) in [5.74, 6) is -1.93. The van der Waals surface area contributed by atoms with Gasteiger partial charge < -0.3 is 4.74 Å². The van der Waals surface area contributed by atoms with E-state index >= 15 is 0 Å². The fourth-order valence-electron chi connectivity index (χ4n) is 1.76. The molecule has 0 aromatic heterocycles. The van der Waals surface area contributed by atoms with Crippen LogP contribution in [0.1, 0.15) is 38.0 Å². The Kier molecular flexibility index (Phi) is 4.61. The molecule has 116 valence electrons. The van der Waals surface area contributed by atoms with Crippen molar-refractivity contribution in [3.8, 4) is 0 Å². The lowest BCUT2D eigenvalue weighted by Crippen LogP contribution is -2.13. The van der Waals surface area contributed by atoms with E-state index in [0.717, 1.165) is 12.1 Å². The van der Waals surface area contributed by atoms with Gasteiger partial charge in [0.25, 0.3) is 5.69 Å². The van der Waals surface area contributed by atoms with Gasteiger partial charge in [-0.2, -0.15) is 0 Å². The molecule has 0 spiro atoms. The molecule has 2 aromatic carbocycles. The van der Waals surface area contributed by atoms with Crippen LogP contribution in [0.4, 0.5) is 5.69 Å². The summed E-state index contributed by atoms with van der Waals surface area (Å²) in [5.41, 5.74) is 0.394. The summed E-state index contributed by atoms with van der Waals surface area (Å²) >= 11 is 0. The summed E-state index contributed by atoms with van der Waals surface area (Å²) in [4.78, 5) is 44.7. The Balaban J connectivity index is 2.08. The second kappa shape index (κ2) is 6.61. The summed E-state index contributed by atoms with van der Waals surface area (Å²) in [6.45, 7) is 1.39. The number of hydrogen-bond donors (Lipinski definition) is 0. The summed E-state index contributed by atoms with van der Waals surface area (Å²) in [7, 11) is 0. The smallest absolute Gasteiger partial charge is 0.346 e. The minimum absolute atomic E-state index is 0.0179. The fourth-order valence-corrected chi connectivity index (χ4v) is 1.76. The van der Waals surface area contributed by atoms with Crippen LogP contribution in [-0.4, -0.2) is 22.6 Å². The van der Waals surface area contributed by atoms with Crippen molar-refractivity contribution in [2.45, 2.75) is 6.92 Å². The molecule has 0 aliphatic heterocycles. The largest absolute Gasteiger partial charge is 0.386 e. The Hall–Kier alpha value is -3.35. The topological polar surface area (TPSA) is 104 Å². The number of carbonyl (C=O) groups is 3. The minimum Gasteiger partial charge on any atom is -0.386 e. The van der Waals surface area contributed by atoms with Crippen LogP contribution in [0.2, 0.25) is 0 Å². The van der Waals surface area contributed by atoms with Gasteiger partial charge in [0, 0.05) is 17.7 Å². The van der Waals surface area contributed by atoms with Crippen molar-refractivity contribution in [3.63, 3.8) is 0 Å². The number of hydrogen-bond acceptors (Lipinski definition) is 6. The van der Waals surface area contributed by atoms with Crippen molar-refractivity contribution in [1.82, 2.24) is 0 Å². The molecule has 0 amide bonds. The first-order valence-electron chi connectivity index (χ1n) is 6.50. The molecule has 0 N–H and O–H groups in total. The van der Waals surface area contributed by atoms with E-state index < -0.39 is 16.9 Å². The Morgan fingerprint density at radius 2 is 1.22 bits per heavy atom. The van der Waals surface area contributed by atoms with E-state index in [4.69, 9.17) is 4.74 Å². The minimum atomic E-state index is -0.916. The number of ketones is 1. The molecule has 2 aromatic rings. The number of nitro benzene ring substituents is 1. The second-order valence-corrected chi connectivity index (χ2v) is 4.61. The van der Waals surface area contributed by atoms with Crippen LogP contribution in [0, 0.1) is 10.1 Å². The van der Waals surface area contributed by atoms with Gasteiger partial charge in [-0.15, -0.1) is 0 Å². The van der Waals surface area contributed by atoms with E-state index in [1.165, 1.54) is 43.3 Å². The Bertz CT molecular complexity index is 710. The van der Waals surface area contributed by atoms with Crippen molar-refractivity contribution in [2.75, 3.05) is 0 Å². The predicted octanol–water partition coefficient (Wildman–Crippen LogP) is 2.79. The van der Waals surface area contributed by atoms with E-state index in [1.54, 1.807) is 0 Å². The maximum absolute atomic E-state index is 11.8. The molecule has 0 saturated heterocycles. The molecule has 0 aliphatic carbocycles. The molecule has 0 aliphatic rings. The van der Waals surface area contributed by atoms with Gasteiger partial charge in [-0.05, 0) is 31.2 Å². The number of rotatable bonds is 4. The second-order valence-electron chi connectivity index (χ2n) is 4.61. The average Bonchev–Trinajstić information content (AvgIpc) is 2.54. The summed E-state index contributed by atoms with van der Waals surface area (Å²) < 4.78 is 4.69. The van der Waals surface area contributed by atoms with E-state index in [2.05, 4.69) is 0 Å². The van der Waals surface area contributed by atoms with Crippen LogP contribution in [0.15, 0.2) is 48.5 Å². The molecule has 0 unspecified atom stereocenters. The van der Waals surface area contributed by atoms with Crippen LogP contribution >= 0.6 is 0 Å². The van der Waals surface area contributed by atoms with Gasteiger partial charge in [0.2, 0.25) is 0 Å². The number of esters is 2. The molecule has 0 atom stereocenters. The molecule has 0 radical (unpaired) electrons. The lowest BCUT2D eigenvalue weighted by molar-refractivity contribution is -0.384. The Morgan fingerprint density at radius 1 is 0.826 bits per heavy atom. The third kappa shape index (κ3) is 3.85. The van der Waals surface area contributed by atoms with Gasteiger partial charge in [0.15, 0.2) is 5.78 Å².